The Labute approximate surface area is 110 Å². The summed E-state index contributed by atoms with van der Waals surface area (Å²) in [6.45, 7) is 2.10. The highest BCUT2D eigenvalue weighted by Crippen LogP contribution is 2.21. The Hall–Kier alpha value is -1.34. The Morgan fingerprint density at radius 1 is 1.47 bits per heavy atom. The van der Waals surface area contributed by atoms with Gasteiger partial charge in [0, 0.05) is 10.9 Å². The third-order valence-electron chi connectivity index (χ3n) is 2.38. The minimum Gasteiger partial charge on any atom is -0.325 e. The van der Waals surface area contributed by atoms with Crippen LogP contribution in [0.5, 0.6) is 0 Å². The van der Waals surface area contributed by atoms with Gasteiger partial charge in [-0.05, 0) is 24.6 Å². The molecule has 0 heterocycles. The van der Waals surface area contributed by atoms with Crippen LogP contribution < -0.4 is 5.32 Å². The molecule has 17 heavy (non-hydrogen) atoms. The van der Waals surface area contributed by atoms with Gasteiger partial charge in [-0.15, -0.1) is 0 Å². The SMILES string of the molecule is CCCCCC(=O)Nc1cc(Br)ccc1C#N. The van der Waals surface area contributed by atoms with Crippen LogP contribution in [-0.2, 0) is 4.79 Å². The molecular weight excluding hydrogens is 280 g/mol. The van der Waals surface area contributed by atoms with Gasteiger partial charge in [-0.25, -0.2) is 0 Å². The fourth-order valence-corrected chi connectivity index (χ4v) is 1.83. The zero-order valence-corrected chi connectivity index (χ0v) is 11.4. The second-order valence-corrected chi connectivity index (χ2v) is 4.72. The van der Waals surface area contributed by atoms with Crippen LogP contribution in [0.3, 0.4) is 0 Å². The van der Waals surface area contributed by atoms with Crippen molar-refractivity contribution in [2.45, 2.75) is 32.6 Å². The number of nitrogens with zero attached hydrogens (tertiary/aromatic N) is 1. The molecule has 3 nitrogen and oxygen atoms in total. The molecule has 0 aromatic heterocycles. The second kappa shape index (κ2) is 7.08. The molecule has 1 rings (SSSR count). The summed E-state index contributed by atoms with van der Waals surface area (Å²) < 4.78 is 0.848. The summed E-state index contributed by atoms with van der Waals surface area (Å²) in [6, 6.07) is 7.28. The average molecular weight is 295 g/mol. The third-order valence-corrected chi connectivity index (χ3v) is 2.88. The molecule has 0 fully saturated rings. The van der Waals surface area contributed by atoms with Crippen LogP contribution in [0.4, 0.5) is 5.69 Å². The van der Waals surface area contributed by atoms with Crippen LogP contribution in [-0.4, -0.2) is 5.91 Å². The van der Waals surface area contributed by atoms with Gasteiger partial charge in [-0.2, -0.15) is 5.26 Å². The number of hydrogen-bond acceptors (Lipinski definition) is 2. The Bertz CT molecular complexity index is 438. The van der Waals surface area contributed by atoms with Gasteiger partial charge in [-0.3, -0.25) is 4.79 Å². The number of nitriles is 1. The van der Waals surface area contributed by atoms with Crippen LogP contribution in [0.15, 0.2) is 22.7 Å². The van der Waals surface area contributed by atoms with Crippen molar-refractivity contribution in [1.82, 2.24) is 0 Å². The van der Waals surface area contributed by atoms with E-state index in [9.17, 15) is 4.79 Å². The molecule has 1 amide bonds. The number of unbranched alkanes of at least 4 members (excludes halogenated alkanes) is 2. The molecule has 0 spiro atoms. The van der Waals surface area contributed by atoms with E-state index < -0.39 is 0 Å². The van der Waals surface area contributed by atoms with Gasteiger partial charge in [0.25, 0.3) is 0 Å². The minimum absolute atomic E-state index is 0.0342. The van der Waals surface area contributed by atoms with E-state index >= 15 is 0 Å². The highest BCUT2D eigenvalue weighted by Gasteiger charge is 2.06. The Morgan fingerprint density at radius 2 is 2.24 bits per heavy atom. The van der Waals surface area contributed by atoms with Crippen molar-refractivity contribution in [3.05, 3.63) is 28.2 Å². The molecule has 0 aliphatic heterocycles. The number of halogens is 1. The number of carbonyl (C=O) groups is 1. The van der Waals surface area contributed by atoms with Gasteiger partial charge < -0.3 is 5.32 Å². The van der Waals surface area contributed by atoms with Crippen molar-refractivity contribution in [2.24, 2.45) is 0 Å². The number of carbonyl (C=O) groups excluding carboxylic acids is 1. The molecular formula is C13H15BrN2O. The maximum absolute atomic E-state index is 11.6. The molecule has 4 heteroatoms. The van der Waals surface area contributed by atoms with Crippen molar-refractivity contribution in [3.63, 3.8) is 0 Å². The van der Waals surface area contributed by atoms with Crippen LogP contribution in [0.25, 0.3) is 0 Å². The molecule has 1 N–H and O–H groups in total. The summed E-state index contributed by atoms with van der Waals surface area (Å²) in [5.41, 5.74) is 1.06. The largest absolute Gasteiger partial charge is 0.325 e. The smallest absolute Gasteiger partial charge is 0.224 e. The number of nitrogens with one attached hydrogen (secondary N) is 1. The summed E-state index contributed by atoms with van der Waals surface area (Å²) in [5, 5.41) is 11.7. The van der Waals surface area contributed by atoms with Gasteiger partial charge >= 0.3 is 0 Å². The van der Waals surface area contributed by atoms with Crippen molar-refractivity contribution in [2.75, 3.05) is 5.32 Å². The van der Waals surface area contributed by atoms with Gasteiger partial charge in [0.15, 0.2) is 0 Å². The first-order valence-corrected chi connectivity index (χ1v) is 6.46. The zero-order valence-electron chi connectivity index (χ0n) is 9.79. The average Bonchev–Trinajstić information content (AvgIpc) is 2.29. The predicted octanol–water partition coefficient (Wildman–Crippen LogP) is 3.84. The lowest BCUT2D eigenvalue weighted by molar-refractivity contribution is -0.116. The molecule has 0 radical (unpaired) electrons. The Morgan fingerprint density at radius 3 is 2.88 bits per heavy atom. The Kier molecular flexibility index (Phi) is 5.71. The van der Waals surface area contributed by atoms with E-state index in [4.69, 9.17) is 5.26 Å². The van der Waals surface area contributed by atoms with Crippen molar-refractivity contribution >= 4 is 27.5 Å². The lowest BCUT2D eigenvalue weighted by Gasteiger charge is -2.07. The van der Waals surface area contributed by atoms with E-state index in [2.05, 4.69) is 34.2 Å². The van der Waals surface area contributed by atoms with Gasteiger partial charge in [0.05, 0.1) is 11.3 Å². The van der Waals surface area contributed by atoms with Crippen LogP contribution in [0.2, 0.25) is 0 Å². The van der Waals surface area contributed by atoms with Gasteiger partial charge in [0.2, 0.25) is 5.91 Å². The Balaban J connectivity index is 2.64. The minimum atomic E-state index is -0.0342. The number of benzene rings is 1. The summed E-state index contributed by atoms with van der Waals surface area (Å²) in [5.74, 6) is -0.0342. The molecule has 0 bridgehead atoms. The van der Waals surface area contributed by atoms with Gasteiger partial charge in [-0.1, -0.05) is 35.7 Å². The summed E-state index contributed by atoms with van der Waals surface area (Å²) in [4.78, 5) is 11.6. The van der Waals surface area contributed by atoms with E-state index in [1.165, 1.54) is 0 Å². The van der Waals surface area contributed by atoms with Crippen molar-refractivity contribution in [1.29, 1.82) is 5.26 Å². The molecule has 0 saturated carbocycles. The first-order valence-electron chi connectivity index (χ1n) is 5.67. The topological polar surface area (TPSA) is 52.9 Å². The standard InChI is InChI=1S/C13H15BrN2O/c1-2-3-4-5-13(17)16-12-8-11(14)7-6-10(12)9-15/h6-8H,2-5H2,1H3,(H,16,17). The number of anilines is 1. The lowest BCUT2D eigenvalue weighted by Crippen LogP contribution is -2.12. The van der Waals surface area contributed by atoms with Crippen LogP contribution in [0, 0.1) is 11.3 Å². The summed E-state index contributed by atoms with van der Waals surface area (Å²) >= 11 is 3.32. The monoisotopic (exact) mass is 294 g/mol. The van der Waals surface area contributed by atoms with Crippen LogP contribution >= 0.6 is 15.9 Å². The quantitative estimate of drug-likeness (QED) is 0.839. The molecule has 0 saturated heterocycles. The maximum Gasteiger partial charge on any atom is 0.224 e. The van der Waals surface area contributed by atoms with Gasteiger partial charge in [0.1, 0.15) is 6.07 Å². The normalized spacial score (nSPS) is 9.71. The number of hydrogen-bond donors (Lipinski definition) is 1. The summed E-state index contributed by atoms with van der Waals surface area (Å²) in [7, 11) is 0. The number of rotatable bonds is 5. The predicted molar refractivity (Wildman–Crippen MR) is 71.6 cm³/mol. The van der Waals surface area contributed by atoms with E-state index in [0.717, 1.165) is 23.7 Å². The first kappa shape index (κ1) is 13.7. The summed E-state index contributed by atoms with van der Waals surface area (Å²) in [6.07, 6.45) is 3.54. The first-order chi connectivity index (χ1) is 8.17. The van der Waals surface area contributed by atoms with Crippen molar-refractivity contribution < 1.29 is 4.79 Å². The molecule has 0 atom stereocenters. The van der Waals surface area contributed by atoms with Crippen molar-refractivity contribution in [3.8, 4) is 6.07 Å². The highest BCUT2D eigenvalue weighted by molar-refractivity contribution is 9.10. The van der Waals surface area contributed by atoms with E-state index in [1.54, 1.807) is 18.2 Å². The molecule has 0 unspecified atom stereocenters. The molecule has 90 valence electrons. The fourth-order valence-electron chi connectivity index (χ4n) is 1.47. The second-order valence-electron chi connectivity index (χ2n) is 3.81. The molecule has 1 aromatic carbocycles. The lowest BCUT2D eigenvalue weighted by atomic mass is 10.1. The molecule has 0 aliphatic rings. The van der Waals surface area contributed by atoms with E-state index in [1.807, 2.05) is 0 Å². The fraction of sp³-hybridized carbons (Fsp3) is 0.385. The third kappa shape index (κ3) is 4.58. The molecule has 0 aliphatic carbocycles. The van der Waals surface area contributed by atoms with Crippen LogP contribution in [0.1, 0.15) is 38.2 Å². The highest BCUT2D eigenvalue weighted by atomic mass is 79.9. The van der Waals surface area contributed by atoms with E-state index in [-0.39, 0.29) is 5.91 Å². The molecule has 1 aromatic rings. The number of amides is 1. The van der Waals surface area contributed by atoms with E-state index in [0.29, 0.717) is 17.7 Å². The zero-order chi connectivity index (χ0) is 12.7. The maximum atomic E-state index is 11.6.